The SMILES string of the molecule is C=CC[C@@H](O[Si](C)(C)C(C)(C)C)[C@@H](C#[C][Ge]([CH3])([CH3])[CH3])O[Si](C)(C)C(C)(C)C. The zero-order valence-electron chi connectivity index (χ0n) is 20.5. The van der Waals surface area contributed by atoms with E-state index in [0.29, 0.717) is 0 Å². The fourth-order valence-electron chi connectivity index (χ4n) is 1.93. The van der Waals surface area contributed by atoms with Crippen molar-refractivity contribution in [3.8, 4) is 10.7 Å². The Hall–Kier alpha value is 0.197. The summed E-state index contributed by atoms with van der Waals surface area (Å²) in [5, 5.41) is 0.301. The van der Waals surface area contributed by atoms with Crippen LogP contribution >= 0.6 is 0 Å². The molecule has 0 saturated carbocycles. The van der Waals surface area contributed by atoms with E-state index in [-0.39, 0.29) is 22.3 Å². The molecule has 0 N–H and O–H groups in total. The zero-order chi connectivity index (χ0) is 21.9. The summed E-state index contributed by atoms with van der Waals surface area (Å²) >= 11 is -2.00. The van der Waals surface area contributed by atoms with Gasteiger partial charge in [-0.2, -0.15) is 0 Å². The molecule has 0 rings (SSSR count). The zero-order valence-corrected chi connectivity index (χ0v) is 24.6. The van der Waals surface area contributed by atoms with Crippen LogP contribution in [-0.4, -0.2) is 42.1 Å². The number of hydrogen-bond donors (Lipinski definition) is 0. The summed E-state index contributed by atoms with van der Waals surface area (Å²) in [4.78, 5) is 0. The third-order valence-electron chi connectivity index (χ3n) is 5.81. The Morgan fingerprint density at radius 2 is 1.30 bits per heavy atom. The molecule has 158 valence electrons. The van der Waals surface area contributed by atoms with Gasteiger partial charge in [-0.05, 0) is 0 Å². The Morgan fingerprint density at radius 3 is 1.63 bits per heavy atom. The fraction of sp³-hybridized carbons (Fsp3) is 0.818. The standard InChI is InChI=1S/C22H46GeO2Si2/c1-15-16-19(24-26(11,12)21(2,3)4)20(17-18-23(8,9)10)25-27(13,14)22(5,6)7/h15,19-20H,1,16H2,2-14H3/t19-,20-/m1/s1. The maximum absolute atomic E-state index is 6.82. The molecule has 0 aromatic heterocycles. The van der Waals surface area contributed by atoms with E-state index in [9.17, 15) is 0 Å². The van der Waals surface area contributed by atoms with Gasteiger partial charge in [-0.15, -0.1) is 0 Å². The van der Waals surface area contributed by atoms with E-state index < -0.39 is 29.9 Å². The summed E-state index contributed by atoms with van der Waals surface area (Å²) in [5.74, 6) is 10.5. The third-order valence-corrected chi connectivity index (χ3v) is 16.6. The molecule has 27 heavy (non-hydrogen) atoms. The molecular weight excluding hydrogens is 425 g/mol. The molecule has 0 bridgehead atoms. The van der Waals surface area contributed by atoms with Gasteiger partial charge >= 0.3 is 176 Å². The molecule has 0 aliphatic heterocycles. The molecule has 5 heteroatoms. The Balaban J connectivity index is 6.01. The van der Waals surface area contributed by atoms with Gasteiger partial charge in [0.05, 0.1) is 0 Å². The van der Waals surface area contributed by atoms with Gasteiger partial charge in [-0.3, -0.25) is 0 Å². The summed E-state index contributed by atoms with van der Waals surface area (Å²) in [6.45, 7) is 26.9. The van der Waals surface area contributed by atoms with Gasteiger partial charge in [0, 0.05) is 0 Å². The quantitative estimate of drug-likeness (QED) is 0.222. The van der Waals surface area contributed by atoms with Crippen LogP contribution < -0.4 is 0 Å². The van der Waals surface area contributed by atoms with Crippen molar-refractivity contribution in [2.45, 2.75) is 114 Å². The van der Waals surface area contributed by atoms with Gasteiger partial charge in [0.25, 0.3) is 0 Å². The van der Waals surface area contributed by atoms with Crippen molar-refractivity contribution in [1.82, 2.24) is 0 Å². The van der Waals surface area contributed by atoms with Gasteiger partial charge < -0.3 is 0 Å². The minimum atomic E-state index is -2.00. The average molecular weight is 471 g/mol. The number of rotatable bonds is 7. The molecule has 0 radical (unpaired) electrons. The molecule has 0 saturated heterocycles. The van der Waals surface area contributed by atoms with Crippen molar-refractivity contribution < 1.29 is 8.85 Å². The predicted molar refractivity (Wildman–Crippen MR) is 130 cm³/mol. The summed E-state index contributed by atoms with van der Waals surface area (Å²) in [6.07, 6.45) is 2.51. The first-order valence-corrected chi connectivity index (χ1v) is 23.4. The molecule has 0 aliphatic carbocycles. The molecule has 0 amide bonds. The van der Waals surface area contributed by atoms with Gasteiger partial charge in [0.15, 0.2) is 0 Å². The number of hydrogen-bond acceptors (Lipinski definition) is 2. The van der Waals surface area contributed by atoms with Gasteiger partial charge in [-0.25, -0.2) is 0 Å². The van der Waals surface area contributed by atoms with E-state index >= 15 is 0 Å². The van der Waals surface area contributed by atoms with Gasteiger partial charge in [0.1, 0.15) is 0 Å². The predicted octanol–water partition coefficient (Wildman–Crippen LogP) is 7.22. The summed E-state index contributed by atoms with van der Waals surface area (Å²) in [6, 6.07) is 0. The van der Waals surface area contributed by atoms with E-state index in [4.69, 9.17) is 8.85 Å². The van der Waals surface area contributed by atoms with Crippen LogP contribution in [0.25, 0.3) is 0 Å². The first-order valence-electron chi connectivity index (χ1n) is 10.2. The molecule has 0 heterocycles. The van der Waals surface area contributed by atoms with E-state index in [1.807, 2.05) is 6.08 Å². The first kappa shape index (κ1) is 27.2. The van der Waals surface area contributed by atoms with Crippen molar-refractivity contribution in [2.24, 2.45) is 0 Å². The van der Waals surface area contributed by atoms with E-state index in [1.54, 1.807) is 0 Å². The maximum atomic E-state index is 6.82. The third kappa shape index (κ3) is 9.04. The Morgan fingerprint density at radius 1 is 0.889 bits per heavy atom. The molecule has 0 aromatic carbocycles. The normalized spacial score (nSPS) is 16.3. The molecule has 2 atom stereocenters. The van der Waals surface area contributed by atoms with Crippen molar-refractivity contribution in [3.05, 3.63) is 12.7 Å². The molecule has 2 nitrogen and oxygen atoms in total. The van der Waals surface area contributed by atoms with Crippen LogP contribution in [0.1, 0.15) is 48.0 Å². The fourth-order valence-corrected chi connectivity index (χ4v) is 5.67. The van der Waals surface area contributed by atoms with Crippen LogP contribution in [0.15, 0.2) is 12.7 Å². The molecule has 0 aliphatic rings. The second-order valence-corrected chi connectivity index (χ2v) is 31.2. The topological polar surface area (TPSA) is 18.5 Å². The molecular formula is C22H46GeO2Si2. The van der Waals surface area contributed by atoms with Crippen molar-refractivity contribution >= 4 is 29.9 Å². The molecule has 0 aromatic rings. The van der Waals surface area contributed by atoms with Crippen LogP contribution in [0, 0.1) is 10.7 Å². The molecule has 0 spiro atoms. The Kier molecular flexibility index (Phi) is 9.41. The van der Waals surface area contributed by atoms with Gasteiger partial charge in [0.2, 0.25) is 0 Å². The first-order chi connectivity index (χ1) is 11.7. The van der Waals surface area contributed by atoms with Crippen LogP contribution in [-0.2, 0) is 8.85 Å². The van der Waals surface area contributed by atoms with Gasteiger partial charge in [-0.1, -0.05) is 0 Å². The van der Waals surface area contributed by atoms with Crippen molar-refractivity contribution in [3.63, 3.8) is 0 Å². The van der Waals surface area contributed by atoms with E-state index in [2.05, 4.69) is 102 Å². The Labute approximate surface area is 175 Å². The van der Waals surface area contributed by atoms with E-state index in [0.717, 1.165) is 6.42 Å². The molecule has 0 unspecified atom stereocenters. The monoisotopic (exact) mass is 472 g/mol. The second-order valence-electron chi connectivity index (χ2n) is 11.8. The minimum absolute atomic E-state index is 0.0465. The average Bonchev–Trinajstić information content (AvgIpc) is 2.39. The summed E-state index contributed by atoms with van der Waals surface area (Å²) in [7, 11) is -3.89. The van der Waals surface area contributed by atoms with Crippen LogP contribution in [0.2, 0.25) is 53.5 Å². The Bertz CT molecular complexity index is 552. The second kappa shape index (κ2) is 9.34. The van der Waals surface area contributed by atoms with Crippen molar-refractivity contribution in [1.29, 1.82) is 0 Å². The summed E-state index contributed by atoms with van der Waals surface area (Å²) in [5.41, 5.74) is 0. The summed E-state index contributed by atoms with van der Waals surface area (Å²) < 4.78 is 17.2. The van der Waals surface area contributed by atoms with Crippen LogP contribution in [0.4, 0.5) is 0 Å². The van der Waals surface area contributed by atoms with Crippen LogP contribution in [0.3, 0.4) is 0 Å². The molecule has 0 fully saturated rings. The van der Waals surface area contributed by atoms with E-state index in [1.165, 1.54) is 0 Å². The van der Waals surface area contributed by atoms with Crippen LogP contribution in [0.5, 0.6) is 0 Å². The van der Waals surface area contributed by atoms with Crippen molar-refractivity contribution in [2.75, 3.05) is 0 Å².